The molecule has 0 rings (SSSR count). The Balaban J connectivity index is 4.00. The highest BCUT2D eigenvalue weighted by molar-refractivity contribution is 9.06. The molecular formula is C11H19BrO4. The van der Waals surface area contributed by atoms with E-state index in [-0.39, 0.29) is 24.3 Å². The Morgan fingerprint density at radius 3 is 2.44 bits per heavy atom. The Hall–Kier alpha value is -0.580. The maximum atomic E-state index is 11.4. The van der Waals surface area contributed by atoms with E-state index in [0.29, 0.717) is 6.42 Å². The normalized spacial score (nSPS) is 11.9. The van der Waals surface area contributed by atoms with Crippen LogP contribution in [0, 0.1) is 5.92 Å². The van der Waals surface area contributed by atoms with Gasteiger partial charge in [-0.2, -0.15) is 0 Å². The number of unbranched alkanes of at least 4 members (excludes halogenated alkanes) is 2. The lowest BCUT2D eigenvalue weighted by atomic mass is 9.96. The number of hydrogen-bond donors (Lipinski definition) is 0. The molecular weight excluding hydrogens is 276 g/mol. The molecule has 94 valence electrons. The maximum absolute atomic E-state index is 11.4. The summed E-state index contributed by atoms with van der Waals surface area (Å²) in [5.41, 5.74) is 0. The molecule has 0 saturated carbocycles. The van der Waals surface area contributed by atoms with Crippen LogP contribution in [0.1, 0.15) is 45.4 Å². The van der Waals surface area contributed by atoms with Gasteiger partial charge in [0.2, 0.25) is 0 Å². The summed E-state index contributed by atoms with van der Waals surface area (Å²) >= 11 is 2.62. The van der Waals surface area contributed by atoms with Crippen LogP contribution in [0.25, 0.3) is 0 Å². The predicted octanol–water partition coefficient (Wildman–Crippen LogP) is 2.99. The Morgan fingerprint density at radius 2 is 1.94 bits per heavy atom. The molecule has 0 aromatic carbocycles. The minimum absolute atomic E-state index is 0.192. The molecule has 0 N–H and O–H groups in total. The third-order valence-electron chi connectivity index (χ3n) is 2.47. The van der Waals surface area contributed by atoms with Crippen LogP contribution in [0.3, 0.4) is 0 Å². The second-order valence-electron chi connectivity index (χ2n) is 3.70. The molecule has 0 aliphatic heterocycles. The van der Waals surface area contributed by atoms with Gasteiger partial charge in [-0.15, -0.1) is 0 Å². The molecule has 1 unspecified atom stereocenters. The number of esters is 1. The van der Waals surface area contributed by atoms with Gasteiger partial charge in [0.25, 0.3) is 0 Å². The molecule has 0 spiro atoms. The lowest BCUT2D eigenvalue weighted by Crippen LogP contribution is -2.17. The SMILES string of the molecule is CCCCCC(CCC(=O)OBr)C(=O)OC. The number of ether oxygens (including phenoxy) is 1. The van der Waals surface area contributed by atoms with Gasteiger partial charge in [0, 0.05) is 6.42 Å². The molecule has 0 fully saturated rings. The zero-order valence-electron chi connectivity index (χ0n) is 9.83. The van der Waals surface area contributed by atoms with Gasteiger partial charge in [-0.1, -0.05) is 26.2 Å². The molecule has 0 aliphatic rings. The first kappa shape index (κ1) is 15.4. The van der Waals surface area contributed by atoms with Gasteiger partial charge in [-0.05, 0) is 12.8 Å². The van der Waals surface area contributed by atoms with E-state index in [2.05, 4.69) is 27.0 Å². The van der Waals surface area contributed by atoms with Crippen molar-refractivity contribution in [2.75, 3.05) is 7.11 Å². The minimum Gasteiger partial charge on any atom is -0.469 e. The van der Waals surface area contributed by atoms with Crippen LogP contribution in [0.4, 0.5) is 0 Å². The fourth-order valence-corrected chi connectivity index (χ4v) is 1.68. The summed E-state index contributed by atoms with van der Waals surface area (Å²) in [6.07, 6.45) is 4.68. The number of methoxy groups -OCH3 is 1. The summed E-state index contributed by atoms with van der Waals surface area (Å²) in [6.45, 7) is 2.11. The van der Waals surface area contributed by atoms with Crippen molar-refractivity contribution in [3.63, 3.8) is 0 Å². The van der Waals surface area contributed by atoms with Gasteiger partial charge in [0.1, 0.15) is 0 Å². The lowest BCUT2D eigenvalue weighted by Gasteiger charge is -2.13. The predicted molar refractivity (Wildman–Crippen MR) is 63.9 cm³/mol. The standard InChI is InChI=1S/C11H19BrO4/c1-3-4-5-6-9(11(14)15-2)7-8-10(13)16-12/h9H,3-8H2,1-2H3. The molecule has 4 nitrogen and oxygen atoms in total. The summed E-state index contributed by atoms with van der Waals surface area (Å²) in [6, 6.07) is 0. The van der Waals surface area contributed by atoms with Crippen LogP contribution >= 0.6 is 16.3 Å². The molecule has 0 saturated heterocycles. The van der Waals surface area contributed by atoms with Gasteiger partial charge in [0.15, 0.2) is 16.3 Å². The van der Waals surface area contributed by atoms with E-state index in [9.17, 15) is 9.59 Å². The van der Waals surface area contributed by atoms with Gasteiger partial charge in [-0.25, -0.2) is 0 Å². The van der Waals surface area contributed by atoms with Gasteiger partial charge in [0.05, 0.1) is 13.0 Å². The fraction of sp³-hybridized carbons (Fsp3) is 0.818. The summed E-state index contributed by atoms with van der Waals surface area (Å²) in [4.78, 5) is 22.4. The van der Waals surface area contributed by atoms with E-state index in [4.69, 9.17) is 4.74 Å². The first-order valence-electron chi connectivity index (χ1n) is 5.54. The third kappa shape index (κ3) is 6.82. The van der Waals surface area contributed by atoms with E-state index >= 15 is 0 Å². The zero-order chi connectivity index (χ0) is 12.4. The van der Waals surface area contributed by atoms with Crippen LogP contribution in [0.5, 0.6) is 0 Å². The lowest BCUT2D eigenvalue weighted by molar-refractivity contribution is -0.146. The average molecular weight is 295 g/mol. The highest BCUT2D eigenvalue weighted by atomic mass is 79.9. The molecule has 0 aromatic rings. The number of halogens is 1. The van der Waals surface area contributed by atoms with Crippen LogP contribution in [-0.2, 0) is 18.2 Å². The van der Waals surface area contributed by atoms with Crippen LogP contribution < -0.4 is 0 Å². The van der Waals surface area contributed by atoms with Crippen molar-refractivity contribution in [1.82, 2.24) is 0 Å². The Kier molecular flexibility index (Phi) is 9.28. The van der Waals surface area contributed by atoms with Crippen LogP contribution in [0.2, 0.25) is 0 Å². The van der Waals surface area contributed by atoms with Gasteiger partial charge < -0.3 is 8.57 Å². The van der Waals surface area contributed by atoms with Gasteiger partial charge in [-0.3, -0.25) is 9.59 Å². The van der Waals surface area contributed by atoms with Crippen molar-refractivity contribution < 1.29 is 18.2 Å². The van der Waals surface area contributed by atoms with Crippen molar-refractivity contribution in [3.8, 4) is 0 Å². The number of carbonyl (C=O) groups is 2. The average Bonchev–Trinajstić information content (AvgIpc) is 2.32. The Bertz CT molecular complexity index is 218. The molecule has 16 heavy (non-hydrogen) atoms. The van der Waals surface area contributed by atoms with E-state index in [1.165, 1.54) is 7.11 Å². The minimum atomic E-state index is -0.357. The molecule has 0 amide bonds. The molecule has 1 atom stereocenters. The molecule has 5 heteroatoms. The highest BCUT2D eigenvalue weighted by Crippen LogP contribution is 2.18. The quantitative estimate of drug-likeness (QED) is 0.510. The Morgan fingerprint density at radius 1 is 1.25 bits per heavy atom. The summed E-state index contributed by atoms with van der Waals surface area (Å²) < 4.78 is 9.07. The second kappa shape index (κ2) is 9.63. The Labute approximate surface area is 105 Å². The largest absolute Gasteiger partial charge is 0.469 e. The van der Waals surface area contributed by atoms with E-state index in [1.54, 1.807) is 0 Å². The molecule has 0 aliphatic carbocycles. The monoisotopic (exact) mass is 294 g/mol. The van der Waals surface area contributed by atoms with Crippen molar-refractivity contribution in [3.05, 3.63) is 0 Å². The summed E-state index contributed by atoms with van der Waals surface area (Å²) in [5, 5.41) is 0. The smallest absolute Gasteiger partial charge is 0.317 e. The van der Waals surface area contributed by atoms with Crippen LogP contribution in [0.15, 0.2) is 0 Å². The number of rotatable bonds is 8. The van der Waals surface area contributed by atoms with E-state index in [1.807, 2.05) is 0 Å². The highest BCUT2D eigenvalue weighted by Gasteiger charge is 2.20. The topological polar surface area (TPSA) is 52.6 Å². The molecule has 0 bridgehead atoms. The first-order valence-corrected chi connectivity index (χ1v) is 6.19. The first-order chi connectivity index (χ1) is 7.65. The molecule has 0 aromatic heterocycles. The van der Waals surface area contributed by atoms with Crippen molar-refractivity contribution >= 4 is 28.2 Å². The summed E-state index contributed by atoms with van der Waals surface area (Å²) in [7, 11) is 1.37. The maximum Gasteiger partial charge on any atom is 0.317 e. The fourth-order valence-electron chi connectivity index (χ4n) is 1.52. The number of carbonyl (C=O) groups excluding carboxylic acids is 2. The molecule has 0 heterocycles. The molecule has 0 radical (unpaired) electrons. The van der Waals surface area contributed by atoms with E-state index in [0.717, 1.165) is 25.7 Å². The second-order valence-corrected chi connectivity index (χ2v) is 4.03. The zero-order valence-corrected chi connectivity index (χ0v) is 11.4. The summed E-state index contributed by atoms with van der Waals surface area (Å²) in [5.74, 6) is -0.786. The van der Waals surface area contributed by atoms with Crippen molar-refractivity contribution in [2.24, 2.45) is 5.92 Å². The van der Waals surface area contributed by atoms with Crippen LogP contribution in [-0.4, -0.2) is 19.0 Å². The van der Waals surface area contributed by atoms with Crippen molar-refractivity contribution in [1.29, 1.82) is 0 Å². The van der Waals surface area contributed by atoms with Crippen molar-refractivity contribution in [2.45, 2.75) is 45.4 Å². The van der Waals surface area contributed by atoms with Gasteiger partial charge >= 0.3 is 11.9 Å². The third-order valence-corrected chi connectivity index (χ3v) is 2.83. The number of hydrogen-bond acceptors (Lipinski definition) is 4. The van der Waals surface area contributed by atoms with E-state index < -0.39 is 0 Å².